The number of nitrogens with zero attached hydrogens (tertiary/aromatic N) is 1. The van der Waals surface area contributed by atoms with Gasteiger partial charge in [-0.25, -0.2) is 0 Å². The van der Waals surface area contributed by atoms with Crippen LogP contribution in [0.5, 0.6) is 0 Å². The second-order valence-electron chi connectivity index (χ2n) is 5.41. The summed E-state index contributed by atoms with van der Waals surface area (Å²) in [6.45, 7) is 8.99. The number of hydrogen-bond acceptors (Lipinski definition) is 2. The van der Waals surface area contributed by atoms with E-state index < -0.39 is 0 Å². The zero-order valence-corrected chi connectivity index (χ0v) is 10.2. The lowest BCUT2D eigenvalue weighted by Crippen LogP contribution is -2.52. The van der Waals surface area contributed by atoms with Gasteiger partial charge in [-0.1, -0.05) is 27.7 Å². The molecule has 2 heteroatoms. The largest absolute Gasteiger partial charge is 0.393 e. The van der Waals surface area contributed by atoms with E-state index in [2.05, 4.69) is 39.6 Å². The summed E-state index contributed by atoms with van der Waals surface area (Å²) >= 11 is 0. The zero-order valence-electron chi connectivity index (χ0n) is 10.2. The molecule has 0 aromatic carbocycles. The average molecular weight is 199 g/mol. The molecule has 0 bridgehead atoms. The van der Waals surface area contributed by atoms with E-state index in [1.165, 1.54) is 0 Å². The van der Waals surface area contributed by atoms with Gasteiger partial charge in [0.05, 0.1) is 6.10 Å². The van der Waals surface area contributed by atoms with E-state index >= 15 is 0 Å². The van der Waals surface area contributed by atoms with E-state index in [9.17, 15) is 5.11 Å². The van der Waals surface area contributed by atoms with Gasteiger partial charge in [0, 0.05) is 12.1 Å². The number of piperidine rings is 1. The van der Waals surface area contributed by atoms with Crippen LogP contribution < -0.4 is 0 Å². The van der Waals surface area contributed by atoms with Crippen molar-refractivity contribution in [2.45, 2.75) is 58.7 Å². The zero-order chi connectivity index (χ0) is 10.9. The maximum Gasteiger partial charge on any atom is 0.0570 e. The van der Waals surface area contributed by atoms with E-state index in [1.807, 2.05) is 0 Å². The van der Waals surface area contributed by atoms with Crippen molar-refractivity contribution < 1.29 is 5.11 Å². The Morgan fingerprint density at radius 1 is 1.00 bits per heavy atom. The Morgan fingerprint density at radius 2 is 1.36 bits per heavy atom. The van der Waals surface area contributed by atoms with E-state index in [4.69, 9.17) is 0 Å². The fourth-order valence-electron chi connectivity index (χ4n) is 2.72. The van der Waals surface area contributed by atoms with E-state index in [-0.39, 0.29) is 6.10 Å². The van der Waals surface area contributed by atoms with Gasteiger partial charge >= 0.3 is 0 Å². The first-order valence-electron chi connectivity index (χ1n) is 5.83. The molecule has 0 aliphatic carbocycles. The van der Waals surface area contributed by atoms with Crippen LogP contribution in [-0.2, 0) is 0 Å². The Labute approximate surface area is 88.3 Å². The van der Waals surface area contributed by atoms with Crippen LogP contribution in [0.25, 0.3) is 0 Å². The van der Waals surface area contributed by atoms with Crippen molar-refractivity contribution in [2.75, 3.05) is 7.05 Å². The quantitative estimate of drug-likeness (QED) is 0.736. The van der Waals surface area contributed by atoms with Crippen LogP contribution in [0.2, 0.25) is 0 Å². The number of aliphatic hydroxyl groups excluding tert-OH is 1. The molecule has 0 saturated carbocycles. The lowest BCUT2D eigenvalue weighted by molar-refractivity contribution is -0.0162. The van der Waals surface area contributed by atoms with Crippen LogP contribution in [-0.4, -0.2) is 35.2 Å². The second-order valence-corrected chi connectivity index (χ2v) is 5.41. The molecular formula is C12H25NO. The van der Waals surface area contributed by atoms with Crippen LogP contribution in [0, 0.1) is 11.8 Å². The fourth-order valence-corrected chi connectivity index (χ4v) is 2.72. The third-order valence-electron chi connectivity index (χ3n) is 3.61. The molecule has 1 rings (SSSR count). The molecule has 0 amide bonds. The SMILES string of the molecule is CC(C)C1CC(O)CC(C(C)C)N1C. The van der Waals surface area contributed by atoms with Gasteiger partial charge in [-0.05, 0) is 31.7 Å². The highest BCUT2D eigenvalue weighted by atomic mass is 16.3. The van der Waals surface area contributed by atoms with Crippen LogP contribution in [0.4, 0.5) is 0 Å². The van der Waals surface area contributed by atoms with Crippen molar-refractivity contribution in [3.63, 3.8) is 0 Å². The summed E-state index contributed by atoms with van der Waals surface area (Å²) in [6.07, 6.45) is 1.79. The summed E-state index contributed by atoms with van der Waals surface area (Å²) in [5, 5.41) is 9.84. The molecule has 14 heavy (non-hydrogen) atoms. The Balaban J connectivity index is 2.70. The summed E-state index contributed by atoms with van der Waals surface area (Å²) in [7, 11) is 2.21. The summed E-state index contributed by atoms with van der Waals surface area (Å²) in [4.78, 5) is 2.47. The van der Waals surface area contributed by atoms with Crippen LogP contribution in [0.3, 0.4) is 0 Å². The summed E-state index contributed by atoms with van der Waals surface area (Å²) in [5.41, 5.74) is 0. The molecule has 1 heterocycles. The van der Waals surface area contributed by atoms with Crippen molar-refractivity contribution in [3.8, 4) is 0 Å². The maximum absolute atomic E-state index is 9.84. The molecule has 2 unspecified atom stereocenters. The monoisotopic (exact) mass is 199 g/mol. The summed E-state index contributed by atoms with van der Waals surface area (Å²) < 4.78 is 0. The van der Waals surface area contributed by atoms with Gasteiger partial charge in [-0.3, -0.25) is 4.90 Å². The van der Waals surface area contributed by atoms with E-state index in [1.54, 1.807) is 0 Å². The summed E-state index contributed by atoms with van der Waals surface area (Å²) in [6, 6.07) is 1.09. The standard InChI is InChI=1S/C12H25NO/c1-8(2)11-6-10(14)7-12(9(3)4)13(11)5/h8-12,14H,6-7H2,1-5H3. The van der Waals surface area contributed by atoms with Crippen molar-refractivity contribution in [1.29, 1.82) is 0 Å². The lowest BCUT2D eigenvalue weighted by atomic mass is 9.84. The van der Waals surface area contributed by atoms with Gasteiger partial charge in [-0.15, -0.1) is 0 Å². The highest BCUT2D eigenvalue weighted by Crippen LogP contribution is 2.29. The minimum Gasteiger partial charge on any atom is -0.393 e. The van der Waals surface area contributed by atoms with Gasteiger partial charge in [0.15, 0.2) is 0 Å². The van der Waals surface area contributed by atoms with Crippen LogP contribution in [0.1, 0.15) is 40.5 Å². The molecule has 0 aromatic rings. The van der Waals surface area contributed by atoms with Crippen molar-refractivity contribution in [2.24, 2.45) is 11.8 Å². The van der Waals surface area contributed by atoms with Crippen molar-refractivity contribution in [1.82, 2.24) is 4.90 Å². The molecule has 1 saturated heterocycles. The minimum atomic E-state index is -0.0917. The van der Waals surface area contributed by atoms with Gasteiger partial charge < -0.3 is 5.11 Å². The van der Waals surface area contributed by atoms with Gasteiger partial charge in [0.25, 0.3) is 0 Å². The number of aliphatic hydroxyl groups is 1. The molecule has 2 atom stereocenters. The topological polar surface area (TPSA) is 23.5 Å². The first kappa shape index (κ1) is 12.0. The molecule has 1 aliphatic heterocycles. The Kier molecular flexibility index (Phi) is 3.96. The van der Waals surface area contributed by atoms with Gasteiger partial charge in [0.2, 0.25) is 0 Å². The summed E-state index contributed by atoms with van der Waals surface area (Å²) in [5.74, 6) is 1.27. The van der Waals surface area contributed by atoms with Crippen LogP contribution >= 0.6 is 0 Å². The lowest BCUT2D eigenvalue weighted by Gasteiger charge is -2.45. The van der Waals surface area contributed by atoms with Crippen LogP contribution in [0.15, 0.2) is 0 Å². The predicted molar refractivity (Wildman–Crippen MR) is 60.3 cm³/mol. The van der Waals surface area contributed by atoms with Gasteiger partial charge in [-0.2, -0.15) is 0 Å². The first-order valence-corrected chi connectivity index (χ1v) is 5.83. The molecule has 2 nitrogen and oxygen atoms in total. The fraction of sp³-hybridized carbons (Fsp3) is 1.00. The molecule has 0 radical (unpaired) electrons. The molecule has 1 aliphatic rings. The van der Waals surface area contributed by atoms with E-state index in [0.717, 1.165) is 12.8 Å². The van der Waals surface area contributed by atoms with E-state index in [0.29, 0.717) is 23.9 Å². The molecule has 84 valence electrons. The first-order chi connectivity index (χ1) is 6.43. The normalized spacial score (nSPS) is 35.6. The predicted octanol–water partition coefficient (Wildman–Crippen LogP) is 2.12. The third kappa shape index (κ3) is 2.48. The average Bonchev–Trinajstić information content (AvgIpc) is 2.07. The van der Waals surface area contributed by atoms with Gasteiger partial charge in [0.1, 0.15) is 0 Å². The van der Waals surface area contributed by atoms with Crippen molar-refractivity contribution in [3.05, 3.63) is 0 Å². The highest BCUT2D eigenvalue weighted by Gasteiger charge is 2.35. The highest BCUT2D eigenvalue weighted by molar-refractivity contribution is 4.89. The molecule has 1 N–H and O–H groups in total. The minimum absolute atomic E-state index is 0.0917. The third-order valence-corrected chi connectivity index (χ3v) is 3.61. The van der Waals surface area contributed by atoms with Crippen molar-refractivity contribution >= 4 is 0 Å². The molecule has 0 aromatic heterocycles. The number of likely N-dealkylation sites (tertiary alicyclic amines) is 1. The second kappa shape index (κ2) is 4.63. The maximum atomic E-state index is 9.84. The molecule has 1 fully saturated rings. The Hall–Kier alpha value is -0.0800. The molecular weight excluding hydrogens is 174 g/mol. The Bertz CT molecular complexity index is 161. The molecule has 0 spiro atoms. The smallest absolute Gasteiger partial charge is 0.0570 e. The number of hydrogen-bond donors (Lipinski definition) is 1. The number of rotatable bonds is 2. The Morgan fingerprint density at radius 3 is 1.64 bits per heavy atom.